The number of aryl methyl sites for hydroxylation is 1. The number of amides is 1. The molecule has 104 valence electrons. The molecule has 0 bridgehead atoms. The van der Waals surface area contributed by atoms with Crippen LogP contribution in [0.5, 0.6) is 0 Å². The first-order valence-electron chi connectivity index (χ1n) is 5.70. The van der Waals surface area contributed by atoms with Crippen molar-refractivity contribution in [1.82, 2.24) is 0 Å². The summed E-state index contributed by atoms with van der Waals surface area (Å²) in [5.41, 5.74) is 8.61. The third kappa shape index (κ3) is 3.42. The minimum absolute atomic E-state index is 0.227. The Morgan fingerprint density at radius 2 is 1.80 bits per heavy atom. The summed E-state index contributed by atoms with van der Waals surface area (Å²) in [4.78, 5) is 12.3. The summed E-state index contributed by atoms with van der Waals surface area (Å²) in [6, 6.07) is 9.14. The second-order valence-electron chi connectivity index (χ2n) is 4.29. The third-order valence-corrected chi connectivity index (χ3v) is 4.49. The van der Waals surface area contributed by atoms with Crippen molar-refractivity contribution in [3.8, 4) is 0 Å². The van der Waals surface area contributed by atoms with Gasteiger partial charge in [-0.25, -0.2) is 0 Å². The van der Waals surface area contributed by atoms with Crippen LogP contribution in [0.15, 0.2) is 43.7 Å². The van der Waals surface area contributed by atoms with Gasteiger partial charge in [0, 0.05) is 13.4 Å². The molecule has 2 aromatic carbocycles. The third-order valence-electron chi connectivity index (χ3n) is 2.68. The van der Waals surface area contributed by atoms with E-state index in [1.807, 2.05) is 31.2 Å². The second kappa shape index (κ2) is 6.28. The normalized spacial score (nSPS) is 10.4. The minimum atomic E-state index is -0.227. The van der Waals surface area contributed by atoms with Gasteiger partial charge in [-0.05, 0) is 74.7 Å². The molecule has 0 aliphatic rings. The average Bonchev–Trinajstić information content (AvgIpc) is 2.36. The van der Waals surface area contributed by atoms with Crippen molar-refractivity contribution in [3.63, 3.8) is 0 Å². The molecule has 0 radical (unpaired) electrons. The molecule has 0 saturated carbocycles. The van der Waals surface area contributed by atoms with Gasteiger partial charge in [0.1, 0.15) is 0 Å². The first-order chi connectivity index (χ1) is 9.38. The Morgan fingerprint density at radius 1 is 1.10 bits per heavy atom. The van der Waals surface area contributed by atoms with Crippen LogP contribution in [0, 0.1) is 6.92 Å². The quantitative estimate of drug-likeness (QED) is 0.609. The molecule has 2 aromatic rings. The molecule has 20 heavy (non-hydrogen) atoms. The van der Waals surface area contributed by atoms with Crippen LogP contribution in [0.1, 0.15) is 15.9 Å². The summed E-state index contributed by atoms with van der Waals surface area (Å²) in [5.74, 6) is -0.227. The number of hydrogen-bond acceptors (Lipinski definition) is 2. The molecule has 0 aromatic heterocycles. The fourth-order valence-corrected chi connectivity index (χ4v) is 3.23. The predicted octanol–water partition coefficient (Wildman–Crippen LogP) is 5.12. The number of halogens is 3. The highest BCUT2D eigenvalue weighted by Gasteiger charge is 2.14. The second-order valence-corrected chi connectivity index (χ2v) is 6.91. The zero-order valence-corrected chi connectivity index (χ0v) is 15.3. The van der Waals surface area contributed by atoms with Gasteiger partial charge in [-0.2, -0.15) is 0 Å². The van der Waals surface area contributed by atoms with Crippen molar-refractivity contribution in [3.05, 3.63) is 54.9 Å². The van der Waals surface area contributed by atoms with Crippen LogP contribution in [-0.4, -0.2) is 5.91 Å². The molecule has 0 aliphatic carbocycles. The number of benzene rings is 2. The van der Waals surface area contributed by atoms with Gasteiger partial charge >= 0.3 is 0 Å². The van der Waals surface area contributed by atoms with Crippen LogP contribution in [0.4, 0.5) is 11.4 Å². The van der Waals surface area contributed by atoms with E-state index < -0.39 is 0 Å². The fraction of sp³-hybridized carbons (Fsp3) is 0.0714. The van der Waals surface area contributed by atoms with E-state index >= 15 is 0 Å². The van der Waals surface area contributed by atoms with E-state index in [1.54, 1.807) is 6.07 Å². The lowest BCUT2D eigenvalue weighted by Gasteiger charge is -2.12. The summed E-state index contributed by atoms with van der Waals surface area (Å²) in [6.07, 6.45) is 0. The van der Waals surface area contributed by atoms with Gasteiger partial charge in [0.15, 0.2) is 0 Å². The average molecular weight is 463 g/mol. The van der Waals surface area contributed by atoms with Crippen molar-refractivity contribution in [1.29, 1.82) is 0 Å². The minimum Gasteiger partial charge on any atom is -0.397 e. The van der Waals surface area contributed by atoms with Gasteiger partial charge in [0.05, 0.1) is 16.9 Å². The van der Waals surface area contributed by atoms with Gasteiger partial charge in [-0.1, -0.05) is 15.9 Å². The zero-order valence-electron chi connectivity index (χ0n) is 10.5. The molecule has 0 atom stereocenters. The first kappa shape index (κ1) is 15.5. The summed E-state index contributed by atoms with van der Waals surface area (Å²) in [6.45, 7) is 1.94. The summed E-state index contributed by atoms with van der Waals surface area (Å²) in [5, 5.41) is 2.83. The molecule has 6 heteroatoms. The zero-order chi connectivity index (χ0) is 14.9. The van der Waals surface area contributed by atoms with Crippen molar-refractivity contribution in [2.24, 2.45) is 0 Å². The van der Waals surface area contributed by atoms with Crippen LogP contribution < -0.4 is 11.1 Å². The molecule has 3 N–H and O–H groups in total. The number of anilines is 2. The maximum absolute atomic E-state index is 12.3. The van der Waals surface area contributed by atoms with Crippen LogP contribution in [0.3, 0.4) is 0 Å². The molecule has 0 heterocycles. The Labute approximate surface area is 142 Å². The van der Waals surface area contributed by atoms with Crippen molar-refractivity contribution in [2.45, 2.75) is 6.92 Å². The number of nitrogens with one attached hydrogen (secondary N) is 1. The maximum Gasteiger partial charge on any atom is 0.256 e. The highest BCUT2D eigenvalue weighted by Crippen LogP contribution is 2.31. The molecule has 0 saturated heterocycles. The standard InChI is InChI=1S/C14H11Br3N2O/c1-7-4-11(17)13(12(18)5-7)19-14(20)9-6-8(15)2-3-10(9)16/h2-6H,18H2,1H3,(H,19,20). The Hall–Kier alpha value is -0.850. The fourth-order valence-electron chi connectivity index (χ4n) is 1.75. The van der Waals surface area contributed by atoms with E-state index in [0.29, 0.717) is 16.9 Å². The van der Waals surface area contributed by atoms with Crippen LogP contribution >= 0.6 is 47.8 Å². The Kier molecular flexibility index (Phi) is 4.88. The number of hydrogen-bond donors (Lipinski definition) is 2. The Bertz CT molecular complexity index is 663. The SMILES string of the molecule is Cc1cc(N)c(NC(=O)c2cc(Br)ccc2Br)c(Br)c1. The molecule has 3 nitrogen and oxygen atoms in total. The van der Waals surface area contributed by atoms with Gasteiger partial charge in [0.2, 0.25) is 0 Å². The molecule has 2 rings (SSSR count). The molecular formula is C14H11Br3N2O. The van der Waals surface area contributed by atoms with E-state index in [2.05, 4.69) is 53.1 Å². The van der Waals surface area contributed by atoms with E-state index in [0.717, 1.165) is 19.0 Å². The summed E-state index contributed by atoms with van der Waals surface area (Å²) in [7, 11) is 0. The Morgan fingerprint density at radius 3 is 2.45 bits per heavy atom. The number of carbonyl (C=O) groups is 1. The number of carbonyl (C=O) groups excluding carboxylic acids is 1. The van der Waals surface area contributed by atoms with E-state index in [1.165, 1.54) is 0 Å². The van der Waals surface area contributed by atoms with Crippen LogP contribution in [-0.2, 0) is 0 Å². The molecule has 1 amide bonds. The Balaban J connectivity index is 2.35. The molecule has 0 spiro atoms. The lowest BCUT2D eigenvalue weighted by molar-refractivity contribution is 0.102. The maximum atomic E-state index is 12.3. The van der Waals surface area contributed by atoms with E-state index in [9.17, 15) is 4.79 Å². The first-order valence-corrected chi connectivity index (χ1v) is 8.08. The monoisotopic (exact) mass is 460 g/mol. The van der Waals surface area contributed by atoms with Crippen molar-refractivity contribution in [2.75, 3.05) is 11.1 Å². The largest absolute Gasteiger partial charge is 0.397 e. The predicted molar refractivity (Wildman–Crippen MR) is 93.1 cm³/mol. The number of nitrogen functional groups attached to an aromatic ring is 1. The van der Waals surface area contributed by atoms with E-state index in [-0.39, 0.29) is 5.91 Å². The van der Waals surface area contributed by atoms with Crippen molar-refractivity contribution >= 4 is 65.1 Å². The molecule has 0 unspecified atom stereocenters. The van der Waals surface area contributed by atoms with Gasteiger partial charge in [-0.15, -0.1) is 0 Å². The van der Waals surface area contributed by atoms with Crippen molar-refractivity contribution < 1.29 is 4.79 Å². The summed E-state index contributed by atoms with van der Waals surface area (Å²) < 4.78 is 2.32. The van der Waals surface area contributed by atoms with Gasteiger partial charge < -0.3 is 11.1 Å². The summed E-state index contributed by atoms with van der Waals surface area (Å²) >= 11 is 10.1. The molecular weight excluding hydrogens is 452 g/mol. The number of rotatable bonds is 2. The lowest BCUT2D eigenvalue weighted by Crippen LogP contribution is -2.14. The smallest absolute Gasteiger partial charge is 0.256 e. The topological polar surface area (TPSA) is 55.1 Å². The molecule has 0 aliphatic heterocycles. The van der Waals surface area contributed by atoms with Gasteiger partial charge in [-0.3, -0.25) is 4.79 Å². The van der Waals surface area contributed by atoms with Crippen LogP contribution in [0.25, 0.3) is 0 Å². The highest BCUT2D eigenvalue weighted by molar-refractivity contribution is 9.11. The molecule has 0 fully saturated rings. The highest BCUT2D eigenvalue weighted by atomic mass is 79.9. The lowest BCUT2D eigenvalue weighted by atomic mass is 10.1. The van der Waals surface area contributed by atoms with Gasteiger partial charge in [0.25, 0.3) is 5.91 Å². The number of nitrogens with two attached hydrogens (primary N) is 1. The van der Waals surface area contributed by atoms with Crippen LogP contribution in [0.2, 0.25) is 0 Å². The van der Waals surface area contributed by atoms with E-state index in [4.69, 9.17) is 5.73 Å².